The minimum absolute atomic E-state index is 0.151. The van der Waals surface area contributed by atoms with Crippen molar-refractivity contribution >= 4 is 29.2 Å². The summed E-state index contributed by atoms with van der Waals surface area (Å²) in [4.78, 5) is 32.1. The second-order valence-electron chi connectivity index (χ2n) is 13.7. The van der Waals surface area contributed by atoms with Crippen molar-refractivity contribution < 1.29 is 19.2 Å². The van der Waals surface area contributed by atoms with E-state index in [1.165, 1.54) is 60.5 Å². The number of hydrogen-bond donors (Lipinski definition) is 2. The molecule has 2 aliphatic carbocycles. The molecule has 0 spiro atoms. The highest BCUT2D eigenvalue weighted by molar-refractivity contribution is 5.97. The molecule has 0 saturated heterocycles. The number of carbonyl (C=O) groups is 2. The van der Waals surface area contributed by atoms with Crippen LogP contribution in [0.2, 0.25) is 0 Å². The van der Waals surface area contributed by atoms with Crippen molar-refractivity contribution in [1.82, 2.24) is 15.5 Å². The minimum Gasteiger partial charge on any atom is -0.478 e. The van der Waals surface area contributed by atoms with E-state index >= 15 is 0 Å². The van der Waals surface area contributed by atoms with Gasteiger partial charge in [-0.2, -0.15) is 4.98 Å². The van der Waals surface area contributed by atoms with Crippen LogP contribution >= 0.6 is 0 Å². The van der Waals surface area contributed by atoms with Crippen LogP contribution < -0.4 is 10.2 Å². The van der Waals surface area contributed by atoms with Gasteiger partial charge in [-0.3, -0.25) is 4.79 Å². The van der Waals surface area contributed by atoms with Gasteiger partial charge in [-0.25, -0.2) is 4.79 Å². The summed E-state index contributed by atoms with van der Waals surface area (Å²) in [6, 6.07) is 13.4. The first-order valence-corrected chi connectivity index (χ1v) is 18.1. The molecule has 2 N–H and O–H groups in total. The molecule has 50 heavy (non-hydrogen) atoms. The Labute approximate surface area is 295 Å². The maximum absolute atomic E-state index is 14.2. The molecule has 0 atom stereocenters. The van der Waals surface area contributed by atoms with Gasteiger partial charge in [0, 0.05) is 42.0 Å². The van der Waals surface area contributed by atoms with Gasteiger partial charge in [0.2, 0.25) is 0 Å². The predicted octanol–water partition coefficient (Wildman–Crippen LogP) is 9.29. The number of carbonyl (C=O) groups excluding carboxylic acids is 1. The number of nitrogens with zero attached hydrogens (tertiary/aromatic N) is 3. The number of likely N-dealkylation sites (N-methyl/N-ethyl adjacent to an activating group) is 1. The third-order valence-corrected chi connectivity index (χ3v) is 10.3. The normalized spacial score (nSPS) is 21.6. The lowest BCUT2D eigenvalue weighted by Crippen LogP contribution is -2.44. The molecule has 6 rings (SSSR count). The highest BCUT2D eigenvalue weighted by Gasteiger charge is 2.42. The Kier molecular flexibility index (Phi) is 11.0. The summed E-state index contributed by atoms with van der Waals surface area (Å²) in [5.74, 6) is 0.160. The van der Waals surface area contributed by atoms with Crippen molar-refractivity contribution in [3.8, 4) is 11.5 Å². The fraction of sp³-hybridized carbons (Fsp3) is 0.381. The Morgan fingerprint density at radius 1 is 1.04 bits per heavy atom. The first kappa shape index (κ1) is 34.9. The highest BCUT2D eigenvalue weighted by Crippen LogP contribution is 2.42. The lowest BCUT2D eigenvalue weighted by Gasteiger charge is -2.31. The zero-order valence-electron chi connectivity index (χ0n) is 29.5. The Morgan fingerprint density at radius 3 is 2.50 bits per heavy atom. The van der Waals surface area contributed by atoms with Crippen LogP contribution in [0.25, 0.3) is 23.1 Å². The van der Waals surface area contributed by atoms with Crippen molar-refractivity contribution in [2.45, 2.75) is 83.6 Å². The summed E-state index contributed by atoms with van der Waals surface area (Å²) >= 11 is 0. The number of benzene rings is 2. The summed E-state index contributed by atoms with van der Waals surface area (Å²) in [7, 11) is 2.11. The van der Waals surface area contributed by atoms with E-state index in [4.69, 9.17) is 14.6 Å². The fourth-order valence-corrected chi connectivity index (χ4v) is 7.61. The number of amides is 1. The SMILES string of the molecule is C/C=C1/C=C(\C2CCCCC2)c2ccc(C(=O)NC3(c4noc(-c5ccc(/C=C/C(=O)O)cc5)n4)CCCC3)cc2N(C)C\C=C/C1=C/CC. The molecule has 2 saturated carbocycles. The molecule has 1 amide bonds. The molecular formula is C42H48N4O4. The number of fused-ring (bicyclic) bond motifs is 1. The van der Waals surface area contributed by atoms with Crippen molar-refractivity contribution in [2.75, 3.05) is 18.5 Å². The van der Waals surface area contributed by atoms with Crippen molar-refractivity contribution in [1.29, 1.82) is 0 Å². The molecule has 260 valence electrons. The van der Waals surface area contributed by atoms with Crippen LogP contribution in [0.15, 0.2) is 94.6 Å². The van der Waals surface area contributed by atoms with E-state index in [9.17, 15) is 9.59 Å². The van der Waals surface area contributed by atoms with Gasteiger partial charge < -0.3 is 19.8 Å². The molecule has 8 nitrogen and oxygen atoms in total. The predicted molar refractivity (Wildman–Crippen MR) is 200 cm³/mol. The maximum atomic E-state index is 14.2. The van der Waals surface area contributed by atoms with Crippen LogP contribution in [0.1, 0.15) is 105 Å². The Balaban J connectivity index is 1.31. The Bertz CT molecular complexity index is 1850. The number of anilines is 1. The number of aromatic nitrogens is 2. The summed E-state index contributed by atoms with van der Waals surface area (Å²) in [5, 5.41) is 16.6. The second-order valence-corrected chi connectivity index (χ2v) is 13.7. The number of allylic oxidation sites excluding steroid dienone is 7. The molecule has 3 aromatic rings. The first-order chi connectivity index (χ1) is 24.3. The van der Waals surface area contributed by atoms with Gasteiger partial charge in [-0.15, -0.1) is 0 Å². The molecule has 8 heteroatoms. The quantitative estimate of drug-likeness (QED) is 0.230. The summed E-state index contributed by atoms with van der Waals surface area (Å²) in [6.45, 7) is 5.03. The lowest BCUT2D eigenvalue weighted by molar-refractivity contribution is -0.131. The largest absolute Gasteiger partial charge is 0.478 e. The Morgan fingerprint density at radius 2 is 1.80 bits per heavy atom. The molecule has 0 bridgehead atoms. The summed E-state index contributed by atoms with van der Waals surface area (Å²) in [5.41, 5.74) is 7.47. The molecular weight excluding hydrogens is 624 g/mol. The lowest BCUT2D eigenvalue weighted by atomic mass is 9.79. The van der Waals surface area contributed by atoms with Crippen molar-refractivity contribution in [3.63, 3.8) is 0 Å². The third kappa shape index (κ3) is 7.75. The van der Waals surface area contributed by atoms with Gasteiger partial charge in [0.05, 0.1) is 0 Å². The number of nitrogens with one attached hydrogen (secondary N) is 1. The maximum Gasteiger partial charge on any atom is 0.328 e. The van der Waals surface area contributed by atoms with Crippen LogP contribution in [0, 0.1) is 5.92 Å². The average molecular weight is 673 g/mol. The minimum atomic E-state index is -1.00. The molecule has 1 aromatic heterocycles. The van der Waals surface area contributed by atoms with E-state index in [2.05, 4.69) is 78.8 Å². The number of rotatable bonds is 8. The van der Waals surface area contributed by atoms with E-state index in [-0.39, 0.29) is 5.91 Å². The topological polar surface area (TPSA) is 109 Å². The van der Waals surface area contributed by atoms with Crippen LogP contribution in [-0.4, -0.2) is 40.7 Å². The molecule has 1 aliphatic heterocycles. The van der Waals surface area contributed by atoms with Crippen LogP contribution in [0.5, 0.6) is 0 Å². The highest BCUT2D eigenvalue weighted by atomic mass is 16.5. The van der Waals surface area contributed by atoms with Gasteiger partial charge in [-0.05, 0) is 97.6 Å². The summed E-state index contributed by atoms with van der Waals surface area (Å²) < 4.78 is 5.71. The van der Waals surface area contributed by atoms with Crippen LogP contribution in [0.3, 0.4) is 0 Å². The monoisotopic (exact) mass is 672 g/mol. The first-order valence-electron chi connectivity index (χ1n) is 18.1. The van der Waals surface area contributed by atoms with Crippen molar-refractivity contribution in [3.05, 3.63) is 113 Å². The summed E-state index contributed by atoms with van der Waals surface area (Å²) in [6.07, 6.45) is 24.5. The number of carboxylic acid groups (broad SMARTS) is 1. The van der Waals surface area contributed by atoms with E-state index in [1.54, 1.807) is 12.1 Å². The Hall–Kier alpha value is -4.98. The average Bonchev–Trinajstić information content (AvgIpc) is 3.83. The zero-order chi connectivity index (χ0) is 35.1. The molecule has 3 aliphatic rings. The third-order valence-electron chi connectivity index (χ3n) is 10.3. The van der Waals surface area contributed by atoms with Crippen molar-refractivity contribution in [2.24, 2.45) is 5.92 Å². The molecule has 2 aromatic carbocycles. The van der Waals surface area contributed by atoms with E-state index in [0.29, 0.717) is 23.2 Å². The van der Waals surface area contributed by atoms with Gasteiger partial charge in [0.15, 0.2) is 5.82 Å². The standard InChI is InChI=1S/C42H48N4O4/c1-4-12-31-15-11-26-46(3)37-28-34(21-22-35(37)36(27-30(31)5-2)32-13-7-6-8-14-32)39(49)44-42(24-9-10-25-42)41-43-40(50-45-41)33-19-16-29(17-20-33)18-23-38(47)48/h5,11-12,15-23,27-28,32H,4,6-10,13-14,24-26H2,1-3H3,(H,44,49)(H,47,48)/b15-11-,23-18+,30-5-,31-12-,36-27+. The van der Waals surface area contributed by atoms with Crippen LogP contribution in [0.4, 0.5) is 5.69 Å². The number of aliphatic carboxylic acids is 1. The fourth-order valence-electron chi connectivity index (χ4n) is 7.61. The van der Waals surface area contributed by atoms with E-state index < -0.39 is 11.5 Å². The van der Waals surface area contributed by atoms with Gasteiger partial charge in [-0.1, -0.05) is 92.8 Å². The van der Waals surface area contributed by atoms with E-state index in [0.717, 1.165) is 61.5 Å². The van der Waals surface area contributed by atoms with Gasteiger partial charge in [0.25, 0.3) is 11.8 Å². The number of hydrogen-bond acceptors (Lipinski definition) is 6. The molecule has 2 heterocycles. The van der Waals surface area contributed by atoms with Gasteiger partial charge >= 0.3 is 5.97 Å². The van der Waals surface area contributed by atoms with Crippen LogP contribution in [-0.2, 0) is 10.3 Å². The van der Waals surface area contributed by atoms with E-state index in [1.807, 2.05) is 18.2 Å². The smallest absolute Gasteiger partial charge is 0.328 e. The molecule has 2 fully saturated rings. The zero-order valence-corrected chi connectivity index (χ0v) is 29.5. The molecule has 0 unspecified atom stereocenters. The number of carboxylic acids is 1. The molecule has 0 radical (unpaired) electrons. The van der Waals surface area contributed by atoms with Gasteiger partial charge in [0.1, 0.15) is 5.54 Å². The second kappa shape index (κ2) is 15.7.